The predicted octanol–water partition coefficient (Wildman–Crippen LogP) is 18.7. The topological polar surface area (TPSA) is 17.0 Å². The highest BCUT2D eigenvalue weighted by atomic mass is 32.1. The molecule has 9 aromatic carbocycles. The number of rotatable bonds is 5. The van der Waals surface area contributed by atoms with E-state index in [-0.39, 0.29) is 27.1 Å². The van der Waals surface area contributed by atoms with Crippen LogP contribution in [0.15, 0.2) is 170 Å². The first kappa shape index (κ1) is 47.8. The minimum absolute atomic E-state index is 0.0579. The lowest BCUT2D eigenvalue weighted by molar-refractivity contribution is 0.331. The van der Waals surface area contributed by atoms with Crippen LogP contribution in [0.1, 0.15) is 128 Å². The molecule has 11 aromatic rings. The Balaban J connectivity index is 1.02. The van der Waals surface area contributed by atoms with Crippen LogP contribution in [0.5, 0.6) is 0 Å². The molecular formula is C74H67BN2S. The lowest BCUT2D eigenvalue weighted by Gasteiger charge is -2.42. The number of thiophene rings is 1. The van der Waals surface area contributed by atoms with Crippen LogP contribution in [0.25, 0.3) is 92.5 Å². The van der Waals surface area contributed by atoms with Crippen LogP contribution in [0.3, 0.4) is 0 Å². The number of anilines is 2. The molecule has 0 bridgehead atoms. The predicted molar refractivity (Wildman–Crippen MR) is 338 cm³/mol. The van der Waals surface area contributed by atoms with E-state index in [0.717, 1.165) is 18.7 Å². The monoisotopic (exact) mass is 1030 g/mol. The van der Waals surface area contributed by atoms with E-state index in [2.05, 4.69) is 256 Å². The van der Waals surface area contributed by atoms with Crippen LogP contribution in [0.4, 0.5) is 11.4 Å². The summed E-state index contributed by atoms with van der Waals surface area (Å²) < 4.78 is 4.01. The van der Waals surface area contributed by atoms with Crippen molar-refractivity contribution in [2.75, 3.05) is 5.32 Å². The average Bonchev–Trinajstić information content (AvgIpc) is 3.91. The van der Waals surface area contributed by atoms with Crippen molar-refractivity contribution in [1.29, 1.82) is 0 Å². The van der Waals surface area contributed by atoms with Crippen LogP contribution < -0.4 is 16.2 Å². The largest absolute Gasteiger partial charge is 0.355 e. The average molecular weight is 1030 g/mol. The van der Waals surface area contributed by atoms with Crippen LogP contribution in [-0.4, -0.2) is 11.8 Å². The van der Waals surface area contributed by atoms with Gasteiger partial charge >= 0.3 is 0 Å². The van der Waals surface area contributed by atoms with Crippen LogP contribution in [0, 0.1) is 0 Å². The molecule has 0 saturated heterocycles. The zero-order valence-electron chi connectivity index (χ0n) is 47.1. The van der Waals surface area contributed by atoms with E-state index in [1.165, 1.54) is 155 Å². The van der Waals surface area contributed by atoms with Crippen LogP contribution >= 0.6 is 11.3 Å². The van der Waals surface area contributed by atoms with E-state index in [9.17, 15) is 0 Å². The quantitative estimate of drug-likeness (QED) is 0.170. The SMILES string of the molecule is CC(C)(C)c1ccc(Nc2cc3c(cc2-c2ccc4c5cc6c(cc5n5c4c2Bc2cc4sc(-c7ccccc7)c(-c7ccccc7)c4cc2-5)-c2ccccc2C6(C)C)-c2cc4c(cc2C3(C)C)C(C)(C)CCC4(C)C)cc1. The fraction of sp³-hybridized carbons (Fsp3) is 0.243. The molecule has 0 atom stereocenters. The Bertz CT molecular complexity index is 4380. The molecule has 0 fully saturated rings. The Morgan fingerprint density at radius 3 is 1.82 bits per heavy atom. The zero-order chi connectivity index (χ0) is 53.6. The Hall–Kier alpha value is -7.40. The second-order valence-corrected chi connectivity index (χ2v) is 27.9. The van der Waals surface area contributed by atoms with Crippen molar-refractivity contribution in [3.63, 3.8) is 0 Å². The highest BCUT2D eigenvalue weighted by molar-refractivity contribution is 7.23. The standard InChI is InChI=1S/C74H67BN2S/c1-70(2,3)44-26-28-45(29-27-44)76-62-40-58-49(50-35-59-60(39-57(50)74(58,10)11)72(6,7)33-32-71(59,4)5)34-52(62)47-30-31-48-53-36-56-51(46-24-18-19-25-55(46)73(56,8)9)37-63(53)77-64-38-54-65(41-61(64)75-67(47)68(48)77)78-69(43-22-16-13-17-23-43)66(54)42-20-14-12-15-21-42/h12-31,34-41,75-76H,32-33H2,1-11H3. The van der Waals surface area contributed by atoms with Gasteiger partial charge in [0.1, 0.15) is 0 Å². The van der Waals surface area contributed by atoms with Crippen molar-refractivity contribution in [2.45, 2.75) is 116 Å². The molecule has 0 radical (unpaired) electrons. The number of nitrogens with one attached hydrogen (secondary N) is 1. The third-order valence-corrected chi connectivity index (χ3v) is 20.6. The van der Waals surface area contributed by atoms with Crippen molar-refractivity contribution in [2.24, 2.45) is 0 Å². The van der Waals surface area contributed by atoms with Crippen LogP contribution in [-0.2, 0) is 27.1 Å². The van der Waals surface area contributed by atoms with Crippen molar-refractivity contribution in [3.05, 3.63) is 209 Å². The molecule has 0 unspecified atom stereocenters. The number of fused-ring (bicyclic) bond motifs is 13. The van der Waals surface area contributed by atoms with Gasteiger partial charge in [-0.2, -0.15) is 0 Å². The molecular weight excluding hydrogens is 960 g/mol. The highest BCUT2D eigenvalue weighted by Crippen LogP contribution is 2.57. The van der Waals surface area contributed by atoms with Gasteiger partial charge in [0.2, 0.25) is 0 Å². The molecule has 15 rings (SSSR count). The summed E-state index contributed by atoms with van der Waals surface area (Å²) in [5, 5.41) is 8.06. The van der Waals surface area contributed by atoms with Crippen LogP contribution in [0.2, 0.25) is 0 Å². The molecule has 1 N–H and O–H groups in total. The van der Waals surface area contributed by atoms with Gasteiger partial charge in [-0.1, -0.05) is 197 Å². The third-order valence-electron chi connectivity index (χ3n) is 19.4. The molecule has 0 amide bonds. The fourth-order valence-corrected chi connectivity index (χ4v) is 16.1. The molecule has 1 aliphatic heterocycles. The number of aromatic nitrogens is 1. The Labute approximate surface area is 465 Å². The summed E-state index contributed by atoms with van der Waals surface area (Å²) in [5.41, 5.74) is 30.7. The maximum Gasteiger partial charge on any atom is 0.198 e. The second kappa shape index (κ2) is 16.1. The molecule has 4 heteroatoms. The van der Waals surface area contributed by atoms with Gasteiger partial charge in [-0.25, -0.2) is 0 Å². The van der Waals surface area contributed by atoms with Gasteiger partial charge in [-0.3, -0.25) is 0 Å². The smallest absolute Gasteiger partial charge is 0.198 e. The maximum absolute atomic E-state index is 4.11. The van der Waals surface area contributed by atoms with E-state index >= 15 is 0 Å². The first-order valence-electron chi connectivity index (χ1n) is 28.5. The lowest BCUT2D eigenvalue weighted by atomic mass is 9.59. The number of benzene rings is 9. The minimum Gasteiger partial charge on any atom is -0.355 e. The summed E-state index contributed by atoms with van der Waals surface area (Å²) in [6.45, 7) is 26.5. The molecule has 3 aliphatic carbocycles. The summed E-state index contributed by atoms with van der Waals surface area (Å²) >= 11 is 1.94. The lowest BCUT2D eigenvalue weighted by Crippen LogP contribution is -2.37. The molecule has 382 valence electrons. The molecule has 4 aliphatic rings. The molecule has 0 spiro atoms. The van der Waals surface area contributed by atoms with Crippen molar-refractivity contribution < 1.29 is 0 Å². The fourth-order valence-electron chi connectivity index (χ4n) is 14.8. The van der Waals surface area contributed by atoms with E-state index in [4.69, 9.17) is 0 Å². The second-order valence-electron chi connectivity index (χ2n) is 26.8. The van der Waals surface area contributed by atoms with Gasteiger partial charge in [-0.05, 0) is 167 Å². The van der Waals surface area contributed by atoms with Gasteiger partial charge in [0.05, 0.1) is 5.52 Å². The number of hydrogen-bond acceptors (Lipinski definition) is 2. The van der Waals surface area contributed by atoms with E-state index in [1.807, 2.05) is 11.3 Å². The van der Waals surface area contributed by atoms with Gasteiger partial charge in [-0.15, -0.1) is 11.3 Å². The van der Waals surface area contributed by atoms with Gasteiger partial charge < -0.3 is 9.88 Å². The molecule has 0 saturated carbocycles. The number of hydrogen-bond donors (Lipinski definition) is 1. The molecule has 2 nitrogen and oxygen atoms in total. The van der Waals surface area contributed by atoms with E-state index in [0.29, 0.717) is 0 Å². The zero-order valence-corrected chi connectivity index (χ0v) is 48.0. The Morgan fingerprint density at radius 1 is 0.487 bits per heavy atom. The van der Waals surface area contributed by atoms with Gasteiger partial charge in [0.25, 0.3) is 0 Å². The summed E-state index contributed by atoms with van der Waals surface area (Å²) in [7, 11) is 0.817. The van der Waals surface area contributed by atoms with E-state index < -0.39 is 0 Å². The van der Waals surface area contributed by atoms with Crippen molar-refractivity contribution in [3.8, 4) is 60.6 Å². The number of nitrogens with zero attached hydrogens (tertiary/aromatic N) is 1. The highest BCUT2D eigenvalue weighted by Gasteiger charge is 2.44. The molecule has 2 aromatic heterocycles. The minimum atomic E-state index is -0.192. The third kappa shape index (κ3) is 6.75. The molecule has 3 heterocycles. The van der Waals surface area contributed by atoms with E-state index in [1.54, 1.807) is 0 Å². The summed E-state index contributed by atoms with van der Waals surface area (Å²) in [4.78, 5) is 1.32. The maximum atomic E-state index is 4.11. The molecule has 78 heavy (non-hydrogen) atoms. The summed E-state index contributed by atoms with van der Waals surface area (Å²) in [5.74, 6) is 0. The first-order valence-corrected chi connectivity index (χ1v) is 29.3. The summed E-state index contributed by atoms with van der Waals surface area (Å²) in [6.07, 6.45) is 2.39. The Morgan fingerprint density at radius 2 is 1.10 bits per heavy atom. The van der Waals surface area contributed by atoms with Gasteiger partial charge in [0, 0.05) is 70.3 Å². The van der Waals surface area contributed by atoms with Crippen molar-refractivity contribution >= 4 is 72.8 Å². The summed E-state index contributed by atoms with van der Waals surface area (Å²) in [6, 6.07) is 66.0. The normalized spacial score (nSPS) is 16.6. The van der Waals surface area contributed by atoms with Gasteiger partial charge in [0.15, 0.2) is 7.28 Å². The van der Waals surface area contributed by atoms with Crippen molar-refractivity contribution in [1.82, 2.24) is 4.57 Å². The first-order chi connectivity index (χ1) is 37.3. The Kier molecular flexibility index (Phi) is 9.87.